The number of benzene rings is 1. The lowest BCUT2D eigenvalue weighted by molar-refractivity contribution is 0.0857. The Morgan fingerprint density at radius 3 is 2.92 bits per heavy atom. The van der Waals surface area contributed by atoms with Crippen molar-refractivity contribution in [3.8, 4) is 0 Å². The molecule has 24 heavy (non-hydrogen) atoms. The molecule has 1 aliphatic rings. The molecule has 0 unspecified atom stereocenters. The number of nitrogens with zero attached hydrogens (tertiary/aromatic N) is 2. The van der Waals surface area contributed by atoms with Gasteiger partial charge in [0.2, 0.25) is 0 Å². The largest absolute Gasteiger partial charge is 0.376 e. The Bertz CT molecular complexity index is 739. The zero-order valence-electron chi connectivity index (χ0n) is 13.4. The minimum absolute atomic E-state index is 0.0891. The van der Waals surface area contributed by atoms with Crippen LogP contribution in [0.15, 0.2) is 24.3 Å². The Morgan fingerprint density at radius 1 is 1.42 bits per heavy atom. The summed E-state index contributed by atoms with van der Waals surface area (Å²) in [6.45, 7) is 3.44. The van der Waals surface area contributed by atoms with Crippen molar-refractivity contribution in [1.82, 2.24) is 15.1 Å². The average molecular weight is 368 g/mol. The highest BCUT2D eigenvalue weighted by atomic mass is 35.5. The van der Waals surface area contributed by atoms with Gasteiger partial charge in [0.05, 0.1) is 23.9 Å². The van der Waals surface area contributed by atoms with E-state index in [1.807, 2.05) is 24.3 Å². The molecule has 5 nitrogen and oxygen atoms in total. The Balaban J connectivity index is 1.73. The van der Waals surface area contributed by atoms with Gasteiger partial charge in [0.1, 0.15) is 5.15 Å². The van der Waals surface area contributed by atoms with Crippen molar-refractivity contribution in [3.63, 3.8) is 0 Å². The number of aryl methyl sites for hydroxylation is 1. The lowest BCUT2D eigenvalue weighted by atomic mass is 10.2. The maximum atomic E-state index is 12.4. The molecule has 1 saturated heterocycles. The molecule has 1 aromatic carbocycles. The van der Waals surface area contributed by atoms with Crippen molar-refractivity contribution in [3.05, 3.63) is 51.3 Å². The SMILES string of the molecule is Cc1nn(Cc2ccccc2Cl)c(Cl)c1C(=O)NC[C@@H]1CCCO1. The van der Waals surface area contributed by atoms with Gasteiger partial charge >= 0.3 is 0 Å². The van der Waals surface area contributed by atoms with Crippen LogP contribution in [-0.2, 0) is 11.3 Å². The van der Waals surface area contributed by atoms with Gasteiger partial charge in [-0.05, 0) is 31.4 Å². The number of amides is 1. The number of ether oxygens (including phenoxy) is 1. The maximum absolute atomic E-state index is 12.4. The number of carbonyl (C=O) groups excluding carboxylic acids is 1. The second-order valence-electron chi connectivity index (χ2n) is 5.85. The molecule has 1 N–H and O–H groups in total. The van der Waals surface area contributed by atoms with E-state index in [4.69, 9.17) is 27.9 Å². The zero-order chi connectivity index (χ0) is 17.1. The Kier molecular flexibility index (Phi) is 5.43. The second kappa shape index (κ2) is 7.55. The highest BCUT2D eigenvalue weighted by Gasteiger charge is 2.22. The van der Waals surface area contributed by atoms with E-state index in [0.717, 1.165) is 25.0 Å². The van der Waals surface area contributed by atoms with E-state index in [1.54, 1.807) is 11.6 Å². The fourth-order valence-corrected chi connectivity index (χ4v) is 3.32. The summed E-state index contributed by atoms with van der Waals surface area (Å²) < 4.78 is 7.11. The molecular formula is C17H19Cl2N3O2. The highest BCUT2D eigenvalue weighted by molar-refractivity contribution is 6.33. The number of hydrogen-bond donors (Lipinski definition) is 1. The predicted octanol–water partition coefficient (Wildman–Crippen LogP) is 3.46. The van der Waals surface area contributed by atoms with Crippen molar-refractivity contribution in [2.75, 3.05) is 13.2 Å². The summed E-state index contributed by atoms with van der Waals surface area (Å²) in [5.41, 5.74) is 1.90. The summed E-state index contributed by atoms with van der Waals surface area (Å²) >= 11 is 12.6. The maximum Gasteiger partial charge on any atom is 0.256 e. The van der Waals surface area contributed by atoms with E-state index >= 15 is 0 Å². The smallest absolute Gasteiger partial charge is 0.256 e. The molecule has 0 bridgehead atoms. The first-order chi connectivity index (χ1) is 11.6. The Labute approximate surface area is 150 Å². The van der Waals surface area contributed by atoms with E-state index in [0.29, 0.717) is 34.5 Å². The van der Waals surface area contributed by atoms with Crippen molar-refractivity contribution < 1.29 is 9.53 Å². The van der Waals surface area contributed by atoms with Gasteiger partial charge in [0.25, 0.3) is 5.91 Å². The molecule has 1 fully saturated rings. The van der Waals surface area contributed by atoms with Crippen LogP contribution in [0.3, 0.4) is 0 Å². The molecule has 3 rings (SSSR count). The average Bonchev–Trinajstić information content (AvgIpc) is 3.16. The van der Waals surface area contributed by atoms with Crippen LogP contribution in [0.2, 0.25) is 10.2 Å². The highest BCUT2D eigenvalue weighted by Crippen LogP contribution is 2.23. The summed E-state index contributed by atoms with van der Waals surface area (Å²) in [4.78, 5) is 12.4. The van der Waals surface area contributed by atoms with Crippen LogP contribution in [0, 0.1) is 6.92 Å². The summed E-state index contributed by atoms with van der Waals surface area (Å²) in [7, 11) is 0. The van der Waals surface area contributed by atoms with Crippen LogP contribution in [0.5, 0.6) is 0 Å². The molecular weight excluding hydrogens is 349 g/mol. The van der Waals surface area contributed by atoms with Gasteiger partial charge in [-0.1, -0.05) is 41.4 Å². The standard InChI is InChI=1S/C17H19Cl2N3O2/c1-11-15(17(23)20-9-13-6-4-8-24-13)16(19)22(21-11)10-12-5-2-3-7-14(12)18/h2-3,5,7,13H,4,6,8-10H2,1H3,(H,20,23)/t13-/m0/s1. The molecule has 0 aliphatic carbocycles. The molecule has 2 aromatic rings. The number of aromatic nitrogens is 2. The molecule has 1 aliphatic heterocycles. The summed E-state index contributed by atoms with van der Waals surface area (Å²) in [5, 5.41) is 8.23. The molecule has 7 heteroatoms. The third-order valence-corrected chi connectivity index (χ3v) is 4.84. The molecule has 1 amide bonds. The Morgan fingerprint density at radius 2 is 2.21 bits per heavy atom. The fraction of sp³-hybridized carbons (Fsp3) is 0.412. The van der Waals surface area contributed by atoms with Gasteiger partial charge in [0, 0.05) is 18.2 Å². The van der Waals surface area contributed by atoms with Crippen molar-refractivity contribution in [2.45, 2.75) is 32.4 Å². The van der Waals surface area contributed by atoms with E-state index in [1.165, 1.54) is 0 Å². The van der Waals surface area contributed by atoms with Gasteiger partial charge in [-0.25, -0.2) is 4.68 Å². The van der Waals surface area contributed by atoms with Crippen LogP contribution >= 0.6 is 23.2 Å². The number of rotatable bonds is 5. The van der Waals surface area contributed by atoms with E-state index < -0.39 is 0 Å². The van der Waals surface area contributed by atoms with Crippen LogP contribution in [0.1, 0.15) is 34.5 Å². The van der Waals surface area contributed by atoms with Crippen molar-refractivity contribution in [1.29, 1.82) is 0 Å². The summed E-state index contributed by atoms with van der Waals surface area (Å²) in [6.07, 6.45) is 2.10. The number of nitrogens with one attached hydrogen (secondary N) is 1. The van der Waals surface area contributed by atoms with Gasteiger partial charge in [-0.15, -0.1) is 0 Å². The minimum atomic E-state index is -0.224. The first kappa shape index (κ1) is 17.3. The van der Waals surface area contributed by atoms with Crippen molar-refractivity contribution >= 4 is 29.1 Å². The van der Waals surface area contributed by atoms with Crippen LogP contribution in [-0.4, -0.2) is 34.9 Å². The van der Waals surface area contributed by atoms with Gasteiger partial charge in [0.15, 0.2) is 0 Å². The van der Waals surface area contributed by atoms with E-state index in [2.05, 4.69) is 10.4 Å². The van der Waals surface area contributed by atoms with Crippen LogP contribution < -0.4 is 5.32 Å². The molecule has 2 heterocycles. The first-order valence-electron chi connectivity index (χ1n) is 7.92. The van der Waals surface area contributed by atoms with Gasteiger partial charge in [-0.2, -0.15) is 5.10 Å². The molecule has 128 valence electrons. The lowest BCUT2D eigenvalue weighted by Crippen LogP contribution is -2.32. The van der Waals surface area contributed by atoms with Gasteiger partial charge in [-0.3, -0.25) is 4.79 Å². The first-order valence-corrected chi connectivity index (χ1v) is 8.68. The summed E-state index contributed by atoms with van der Waals surface area (Å²) in [5.74, 6) is -0.224. The van der Waals surface area contributed by atoms with E-state index in [-0.39, 0.29) is 12.0 Å². The fourth-order valence-electron chi connectivity index (χ4n) is 2.80. The minimum Gasteiger partial charge on any atom is -0.376 e. The molecule has 0 saturated carbocycles. The molecule has 0 radical (unpaired) electrons. The zero-order valence-corrected chi connectivity index (χ0v) is 14.9. The summed E-state index contributed by atoms with van der Waals surface area (Å²) in [6, 6.07) is 7.50. The monoisotopic (exact) mass is 367 g/mol. The number of hydrogen-bond acceptors (Lipinski definition) is 3. The topological polar surface area (TPSA) is 56.2 Å². The number of halogens is 2. The molecule has 1 aromatic heterocycles. The van der Waals surface area contributed by atoms with Gasteiger partial charge < -0.3 is 10.1 Å². The number of carbonyl (C=O) groups is 1. The third-order valence-electron chi connectivity index (χ3n) is 4.08. The second-order valence-corrected chi connectivity index (χ2v) is 6.61. The van der Waals surface area contributed by atoms with Crippen LogP contribution in [0.4, 0.5) is 0 Å². The normalized spacial score (nSPS) is 17.2. The lowest BCUT2D eigenvalue weighted by Gasteiger charge is -2.10. The third kappa shape index (κ3) is 3.74. The molecule has 0 spiro atoms. The Hall–Kier alpha value is -1.56. The van der Waals surface area contributed by atoms with Crippen LogP contribution in [0.25, 0.3) is 0 Å². The molecule has 1 atom stereocenters. The van der Waals surface area contributed by atoms with Crippen molar-refractivity contribution in [2.24, 2.45) is 0 Å². The quantitative estimate of drug-likeness (QED) is 0.880. The predicted molar refractivity (Wildman–Crippen MR) is 93.8 cm³/mol. The van der Waals surface area contributed by atoms with E-state index in [9.17, 15) is 4.79 Å².